The molecule has 0 saturated heterocycles. The minimum absolute atomic E-state index is 0. The van der Waals surface area contributed by atoms with Crippen molar-refractivity contribution in [1.29, 1.82) is 0 Å². The second-order valence-electron chi connectivity index (χ2n) is 0. The molecule has 0 aromatic heterocycles. The van der Waals surface area contributed by atoms with E-state index >= 15 is 0 Å². The molecule has 0 saturated carbocycles. The molecule has 0 rings (SSSR count). The van der Waals surface area contributed by atoms with E-state index in [0.29, 0.717) is 0 Å². The topological polar surface area (TPSA) is 0 Å². The molecule has 0 nitrogen and oxygen atoms in total. The van der Waals surface area contributed by atoms with Crippen LogP contribution >= 0.6 is 0 Å². The molecule has 0 aliphatic rings. The number of hydrogen-bond donors (Lipinski definition) is 0. The first-order valence-electron chi connectivity index (χ1n) is 0. The molecule has 14 valence electrons. The molecule has 0 heterocycles. The molecular weight excluding hydrogens is 154 g/mol. The Labute approximate surface area is 80.7 Å². The second kappa shape index (κ2) is 18.5. The third kappa shape index (κ3) is 8.85. The Balaban J connectivity index is 0. The predicted octanol–water partition coefficient (Wildman–Crippen LogP) is -2.06. The van der Waals surface area contributed by atoms with Gasteiger partial charge in [-0.1, -0.05) is 0 Å². The third-order valence-corrected chi connectivity index (χ3v) is 0. The van der Waals surface area contributed by atoms with E-state index < -0.39 is 0 Å². The summed E-state index contributed by atoms with van der Waals surface area (Å²) >= 11 is 0. The molecule has 0 aromatic carbocycles. The van der Waals surface area contributed by atoms with Crippen molar-refractivity contribution in [3.05, 3.63) is 0 Å². The molecule has 4 heavy (non-hydrogen) atoms. The van der Waals surface area contributed by atoms with Crippen LogP contribution in [0.15, 0.2) is 0 Å². The Morgan fingerprint density at radius 3 is 1.00 bits per heavy atom. The van der Waals surface area contributed by atoms with Gasteiger partial charge in [-0.25, -0.2) is 0 Å². The van der Waals surface area contributed by atoms with Gasteiger partial charge in [0.15, 0.2) is 0 Å². The van der Waals surface area contributed by atoms with Crippen molar-refractivity contribution in [2.45, 2.75) is 0 Å². The maximum absolute atomic E-state index is 0. The maximum atomic E-state index is 0. The Kier molecular flexibility index (Phi) is 155. The zero-order valence-corrected chi connectivity index (χ0v) is 3.81. The first-order valence-corrected chi connectivity index (χ1v) is 0. The van der Waals surface area contributed by atoms with Gasteiger partial charge in [0.25, 0.3) is 0 Å². The summed E-state index contributed by atoms with van der Waals surface area (Å²) in [6, 6.07) is 0. The molecular formula is H2AlBSiSr. The monoisotopic (exact) mass is 156 g/mol. The SMILES string of the molecule is [Al].[B].[Si].[SrH2]. The van der Waals surface area contributed by atoms with Crippen LogP contribution in [-0.2, 0) is 0 Å². The Bertz CT molecular complexity index is 8.00. The van der Waals surface area contributed by atoms with E-state index in [1.165, 1.54) is 0 Å². The number of rotatable bonds is 0. The molecule has 4 heteroatoms. The molecule has 0 fully saturated rings. The van der Waals surface area contributed by atoms with Crippen LogP contribution in [-0.4, -0.2) is 82.2 Å². The Morgan fingerprint density at radius 2 is 1.00 bits per heavy atom. The summed E-state index contributed by atoms with van der Waals surface area (Å²) in [4.78, 5) is 0. The van der Waals surface area contributed by atoms with E-state index in [9.17, 15) is 0 Å². The van der Waals surface area contributed by atoms with Gasteiger partial charge >= 0.3 is 45.5 Å². The first-order chi connectivity index (χ1) is 0. The van der Waals surface area contributed by atoms with Gasteiger partial charge in [0, 0.05) is 36.7 Å². The quantitative estimate of drug-likeness (QED) is 0.353. The minimum atomic E-state index is 0. The first kappa shape index (κ1) is 33.5. The third-order valence-electron chi connectivity index (χ3n) is 0. The molecule has 10 radical (unpaired) electrons. The van der Waals surface area contributed by atoms with Gasteiger partial charge in [0.2, 0.25) is 0 Å². The van der Waals surface area contributed by atoms with Crippen LogP contribution in [0.3, 0.4) is 0 Å². The van der Waals surface area contributed by atoms with Crippen molar-refractivity contribution in [3.63, 3.8) is 0 Å². The fraction of sp³-hybridized carbons (Fsp3) is 0. The fourth-order valence-electron chi connectivity index (χ4n) is 0. The molecule has 0 amide bonds. The van der Waals surface area contributed by atoms with E-state index in [4.69, 9.17) is 0 Å². The van der Waals surface area contributed by atoms with Crippen molar-refractivity contribution in [2.24, 2.45) is 0 Å². The summed E-state index contributed by atoms with van der Waals surface area (Å²) in [5.74, 6) is 0. The Hall–Kier alpha value is 2.29. The predicted molar refractivity (Wildman–Crippen MR) is 25.8 cm³/mol. The van der Waals surface area contributed by atoms with Crippen LogP contribution in [0.2, 0.25) is 0 Å². The molecule has 0 unspecified atom stereocenters. The molecule has 0 spiro atoms. The van der Waals surface area contributed by atoms with E-state index in [2.05, 4.69) is 0 Å². The zero-order chi connectivity index (χ0) is 0. The average molecular weight is 156 g/mol. The zero-order valence-electron chi connectivity index (χ0n) is 1.65. The van der Waals surface area contributed by atoms with Gasteiger partial charge in [0.1, 0.15) is 0 Å². The molecule has 0 atom stereocenters. The van der Waals surface area contributed by atoms with Crippen LogP contribution in [0.1, 0.15) is 0 Å². The molecule has 0 aliphatic heterocycles. The normalized spacial score (nSPS) is 0. The van der Waals surface area contributed by atoms with Crippen LogP contribution in [0.5, 0.6) is 0 Å². The molecule has 0 aromatic rings. The standard InChI is InChI=1S/Al.B.Si.Sr.2H. The van der Waals surface area contributed by atoms with Crippen LogP contribution in [0, 0.1) is 0 Å². The van der Waals surface area contributed by atoms with Gasteiger partial charge in [-0.2, -0.15) is 0 Å². The average Bonchev–Trinajstić information content (AvgIpc) is 0. The number of hydrogen-bond acceptors (Lipinski definition) is 0. The van der Waals surface area contributed by atoms with E-state index in [1.807, 2.05) is 0 Å². The second-order valence-corrected chi connectivity index (χ2v) is 0. The van der Waals surface area contributed by atoms with Gasteiger partial charge in [-0.3, -0.25) is 0 Å². The summed E-state index contributed by atoms with van der Waals surface area (Å²) in [6.07, 6.45) is 0. The van der Waals surface area contributed by atoms with Gasteiger partial charge in [-0.15, -0.1) is 0 Å². The van der Waals surface area contributed by atoms with Gasteiger partial charge < -0.3 is 0 Å². The molecule has 0 aliphatic carbocycles. The van der Waals surface area contributed by atoms with Gasteiger partial charge in [-0.05, 0) is 0 Å². The summed E-state index contributed by atoms with van der Waals surface area (Å²) < 4.78 is 0. The summed E-state index contributed by atoms with van der Waals surface area (Å²) in [6.45, 7) is 0. The summed E-state index contributed by atoms with van der Waals surface area (Å²) in [5, 5.41) is 0. The van der Waals surface area contributed by atoms with E-state index in [0.717, 1.165) is 0 Å². The molecule has 0 bridgehead atoms. The van der Waals surface area contributed by atoms with Crippen molar-refractivity contribution < 1.29 is 0 Å². The van der Waals surface area contributed by atoms with E-state index in [1.54, 1.807) is 0 Å². The van der Waals surface area contributed by atoms with Crippen molar-refractivity contribution in [1.82, 2.24) is 0 Å². The van der Waals surface area contributed by atoms with Crippen molar-refractivity contribution in [2.75, 3.05) is 0 Å². The fourth-order valence-corrected chi connectivity index (χ4v) is 0. The van der Waals surface area contributed by atoms with E-state index in [-0.39, 0.29) is 82.2 Å². The van der Waals surface area contributed by atoms with Crippen LogP contribution < -0.4 is 0 Å². The van der Waals surface area contributed by atoms with Gasteiger partial charge in [0.05, 0.1) is 0 Å². The van der Waals surface area contributed by atoms with Crippen molar-refractivity contribution >= 4 is 82.2 Å². The van der Waals surface area contributed by atoms with Crippen molar-refractivity contribution in [3.8, 4) is 0 Å². The van der Waals surface area contributed by atoms with Crippen LogP contribution in [0.4, 0.5) is 0 Å². The Morgan fingerprint density at radius 1 is 1.00 bits per heavy atom. The molecule has 0 N–H and O–H groups in total. The summed E-state index contributed by atoms with van der Waals surface area (Å²) in [5.41, 5.74) is 0. The summed E-state index contributed by atoms with van der Waals surface area (Å²) in [7, 11) is 0. The van der Waals surface area contributed by atoms with Crippen LogP contribution in [0.25, 0.3) is 0 Å².